The van der Waals surface area contributed by atoms with Crippen molar-refractivity contribution in [3.63, 3.8) is 0 Å². The number of benzene rings is 4. The highest BCUT2D eigenvalue weighted by Gasteiger charge is 2.48. The summed E-state index contributed by atoms with van der Waals surface area (Å²) in [5.41, 5.74) is 3.55. The fraction of sp³-hybridized carbons (Fsp3) is 0.400. The van der Waals surface area contributed by atoms with Gasteiger partial charge in [0, 0.05) is 28.7 Å². The highest BCUT2D eigenvalue weighted by molar-refractivity contribution is 6.04. The minimum absolute atomic E-state index is 0.0617. The second-order valence-electron chi connectivity index (χ2n) is 12.7. The average molecular weight is 700 g/mol. The van der Waals surface area contributed by atoms with Gasteiger partial charge in [-0.3, -0.25) is 4.79 Å². The molecule has 2 heterocycles. The molecule has 1 fully saturated rings. The maximum absolute atomic E-state index is 14.8. The number of ether oxygens (including phenoxy) is 8. The van der Waals surface area contributed by atoms with Gasteiger partial charge in [0.1, 0.15) is 12.4 Å². The number of carbonyl (C=O) groups is 2. The molecule has 0 aliphatic carbocycles. The molecular formula is C40H45NO10. The predicted octanol–water partition coefficient (Wildman–Crippen LogP) is 6.51. The number of amides is 1. The summed E-state index contributed by atoms with van der Waals surface area (Å²) in [7, 11) is 11.0. The van der Waals surface area contributed by atoms with Crippen molar-refractivity contribution in [2.45, 2.75) is 44.7 Å². The van der Waals surface area contributed by atoms with Crippen LogP contribution in [0.25, 0.3) is 10.8 Å². The third-order valence-electron chi connectivity index (χ3n) is 10.2. The monoisotopic (exact) mass is 699 g/mol. The van der Waals surface area contributed by atoms with E-state index in [2.05, 4.69) is 0 Å². The topological polar surface area (TPSA) is 111 Å². The molecule has 1 saturated heterocycles. The van der Waals surface area contributed by atoms with E-state index in [1.165, 1.54) is 7.11 Å². The van der Waals surface area contributed by atoms with Crippen LogP contribution in [0.4, 0.5) is 0 Å². The van der Waals surface area contributed by atoms with Gasteiger partial charge in [0.2, 0.25) is 17.4 Å². The number of hydrogen-bond acceptors (Lipinski definition) is 10. The number of nitrogens with zero attached hydrogens (tertiary/aromatic N) is 1. The van der Waals surface area contributed by atoms with Gasteiger partial charge in [-0.2, -0.15) is 0 Å². The largest absolute Gasteiger partial charge is 0.496 e. The van der Waals surface area contributed by atoms with Crippen LogP contribution in [0, 0.1) is 12.8 Å². The SMILES string of the molecule is COc1cc(C[C@@H]2CC[C@@H]3Cc4c(OC)c(OC)c(OC)c(OC)c4[C@H](COC(=O)c4cccc5ccccc45)N3C2=O)c(OC)c(C)c1OC. The molecule has 2 aliphatic rings. The zero-order valence-corrected chi connectivity index (χ0v) is 30.4. The molecule has 1 amide bonds. The minimum Gasteiger partial charge on any atom is -0.496 e. The summed E-state index contributed by atoms with van der Waals surface area (Å²) in [6, 6.07) is 14.2. The van der Waals surface area contributed by atoms with Gasteiger partial charge in [-0.15, -0.1) is 0 Å². The Morgan fingerprint density at radius 2 is 1.39 bits per heavy atom. The Balaban J connectivity index is 1.44. The lowest BCUT2D eigenvalue weighted by molar-refractivity contribution is -0.147. The number of rotatable bonds is 12. The Kier molecular flexibility index (Phi) is 10.4. The number of methoxy groups -OCH3 is 7. The lowest BCUT2D eigenvalue weighted by atomic mass is 9.78. The molecule has 0 unspecified atom stereocenters. The number of fused-ring (bicyclic) bond motifs is 3. The molecule has 0 bridgehead atoms. The van der Waals surface area contributed by atoms with Crippen LogP contribution < -0.4 is 33.2 Å². The molecule has 4 aromatic rings. The minimum atomic E-state index is -0.717. The van der Waals surface area contributed by atoms with Gasteiger partial charge in [0.05, 0.1) is 61.4 Å². The van der Waals surface area contributed by atoms with Crippen molar-refractivity contribution in [2.24, 2.45) is 5.92 Å². The molecule has 4 aromatic carbocycles. The fourth-order valence-electron chi connectivity index (χ4n) is 8.01. The van der Waals surface area contributed by atoms with Gasteiger partial charge in [-0.1, -0.05) is 36.4 Å². The molecule has 270 valence electrons. The molecule has 0 N–H and O–H groups in total. The van der Waals surface area contributed by atoms with Crippen molar-refractivity contribution < 1.29 is 47.5 Å². The van der Waals surface area contributed by atoms with E-state index >= 15 is 0 Å². The van der Waals surface area contributed by atoms with Crippen LogP contribution in [0.2, 0.25) is 0 Å². The Hall–Kier alpha value is -5.32. The second kappa shape index (κ2) is 14.9. The molecule has 11 heteroatoms. The van der Waals surface area contributed by atoms with Crippen LogP contribution >= 0.6 is 0 Å². The fourth-order valence-corrected chi connectivity index (χ4v) is 8.01. The van der Waals surface area contributed by atoms with E-state index in [0.29, 0.717) is 77.1 Å². The van der Waals surface area contributed by atoms with Gasteiger partial charge in [-0.05, 0) is 61.1 Å². The first kappa shape index (κ1) is 35.5. The molecular weight excluding hydrogens is 654 g/mol. The van der Waals surface area contributed by atoms with Crippen molar-refractivity contribution in [1.82, 2.24) is 4.90 Å². The van der Waals surface area contributed by atoms with E-state index in [4.69, 9.17) is 37.9 Å². The van der Waals surface area contributed by atoms with Gasteiger partial charge < -0.3 is 42.8 Å². The van der Waals surface area contributed by atoms with Crippen LogP contribution in [0.3, 0.4) is 0 Å². The summed E-state index contributed by atoms with van der Waals surface area (Å²) in [4.78, 5) is 30.5. The molecule has 0 radical (unpaired) electrons. The summed E-state index contributed by atoms with van der Waals surface area (Å²) in [5.74, 6) is 2.46. The Morgan fingerprint density at radius 3 is 2.06 bits per heavy atom. The van der Waals surface area contributed by atoms with Gasteiger partial charge in [0.15, 0.2) is 23.0 Å². The molecule has 51 heavy (non-hydrogen) atoms. The number of piperidine rings is 1. The number of esters is 1. The number of hydrogen-bond donors (Lipinski definition) is 0. The highest BCUT2D eigenvalue weighted by Crippen LogP contribution is 2.56. The van der Waals surface area contributed by atoms with Crippen molar-refractivity contribution in [2.75, 3.05) is 56.4 Å². The van der Waals surface area contributed by atoms with Crippen LogP contribution in [-0.2, 0) is 22.4 Å². The van der Waals surface area contributed by atoms with E-state index in [-0.39, 0.29) is 18.6 Å². The van der Waals surface area contributed by atoms with Crippen LogP contribution in [-0.4, -0.2) is 79.2 Å². The molecule has 0 spiro atoms. The molecule has 6 rings (SSSR count). The third-order valence-corrected chi connectivity index (χ3v) is 10.2. The van der Waals surface area contributed by atoms with Crippen molar-refractivity contribution in [1.29, 1.82) is 0 Å². The van der Waals surface area contributed by atoms with Gasteiger partial charge >= 0.3 is 5.97 Å². The summed E-state index contributed by atoms with van der Waals surface area (Å²) >= 11 is 0. The quantitative estimate of drug-likeness (QED) is 0.152. The highest BCUT2D eigenvalue weighted by atomic mass is 16.5. The van der Waals surface area contributed by atoms with E-state index in [1.807, 2.05) is 54.3 Å². The Morgan fingerprint density at radius 1 is 0.745 bits per heavy atom. The zero-order chi connectivity index (χ0) is 36.4. The molecule has 2 aliphatic heterocycles. The molecule has 3 atom stereocenters. The van der Waals surface area contributed by atoms with Crippen molar-refractivity contribution >= 4 is 22.6 Å². The smallest absolute Gasteiger partial charge is 0.338 e. The Bertz CT molecular complexity index is 1950. The van der Waals surface area contributed by atoms with E-state index in [9.17, 15) is 9.59 Å². The summed E-state index contributed by atoms with van der Waals surface area (Å²) in [6.45, 7) is 1.78. The first-order valence-corrected chi connectivity index (χ1v) is 16.9. The van der Waals surface area contributed by atoms with Gasteiger partial charge in [0.25, 0.3) is 0 Å². The van der Waals surface area contributed by atoms with E-state index < -0.39 is 17.9 Å². The van der Waals surface area contributed by atoms with Crippen molar-refractivity contribution in [3.8, 4) is 40.2 Å². The van der Waals surface area contributed by atoms with E-state index in [0.717, 1.165) is 27.5 Å². The number of carbonyl (C=O) groups excluding carboxylic acids is 2. The lowest BCUT2D eigenvalue weighted by Gasteiger charge is -2.48. The average Bonchev–Trinajstić information content (AvgIpc) is 3.15. The van der Waals surface area contributed by atoms with E-state index in [1.54, 1.807) is 48.7 Å². The molecule has 0 aromatic heterocycles. The zero-order valence-electron chi connectivity index (χ0n) is 30.4. The van der Waals surface area contributed by atoms with Gasteiger partial charge in [-0.25, -0.2) is 4.79 Å². The third kappa shape index (κ3) is 6.08. The Labute approximate surface area is 298 Å². The lowest BCUT2D eigenvalue weighted by Crippen LogP contribution is -2.54. The van der Waals surface area contributed by atoms with Crippen LogP contribution in [0.1, 0.15) is 51.5 Å². The normalized spacial score (nSPS) is 18.0. The first-order chi connectivity index (χ1) is 24.8. The summed E-state index contributed by atoms with van der Waals surface area (Å²) < 4.78 is 46.8. The summed E-state index contributed by atoms with van der Waals surface area (Å²) in [5, 5.41) is 1.71. The van der Waals surface area contributed by atoms with Crippen LogP contribution in [0.5, 0.6) is 40.2 Å². The predicted molar refractivity (Wildman–Crippen MR) is 191 cm³/mol. The maximum atomic E-state index is 14.8. The molecule has 0 saturated carbocycles. The first-order valence-electron chi connectivity index (χ1n) is 16.9. The van der Waals surface area contributed by atoms with Crippen molar-refractivity contribution in [3.05, 3.63) is 76.3 Å². The second-order valence-corrected chi connectivity index (χ2v) is 12.7. The summed E-state index contributed by atoms with van der Waals surface area (Å²) in [6.07, 6.45) is 2.24. The van der Waals surface area contributed by atoms with Crippen LogP contribution in [0.15, 0.2) is 48.5 Å². The maximum Gasteiger partial charge on any atom is 0.338 e. The standard InChI is InChI=1S/C40H45NO10/c1-22-33(45-3)25(19-31(44-2)34(22)46-4)18-24-16-17-26-20-29-32(36(48-6)38(50-8)37(49-7)35(29)47-5)30(41(26)39(24)42)21-51-40(43)28-15-11-13-23-12-9-10-14-27(23)28/h9-15,19,24,26,30H,16-18,20-21H2,1-8H3/t24-,26+,30-/m0/s1. The molecule has 11 nitrogen and oxygen atoms in total.